The van der Waals surface area contributed by atoms with Crippen LogP contribution in [0.2, 0.25) is 0 Å². The molecule has 4 aliphatic rings. The maximum Gasteiger partial charge on any atom is 0.335 e. The Morgan fingerprint density at radius 1 is 0.702 bits per heavy atom. The highest BCUT2D eigenvalue weighted by Crippen LogP contribution is 2.59. The second kappa shape index (κ2) is 10.9. The molecule has 2 aliphatic carbocycles. The topological polar surface area (TPSA) is 179 Å². The molecule has 0 aromatic heterocycles. The van der Waals surface area contributed by atoms with E-state index >= 15 is 0 Å². The number of imide groups is 2. The summed E-state index contributed by atoms with van der Waals surface area (Å²) in [6.07, 6.45) is 2.14. The number of benzene rings is 3. The number of hydrogen-bond donors (Lipinski definition) is 3. The SMILES string of the molecule is COc1ccc([C@H]2C3=CC[C@@H]4C(=O)N(c5ccc(C(=O)O)cc5)C(=O)[C@@H]4[C@@H]3C[C@H]3C(=O)N(c4ccc(C(=O)O)cc4)C(=O)[C@@H]23)c(O)c1. The molecular weight excluding hydrogens is 608 g/mol. The van der Waals surface area contributed by atoms with Crippen molar-refractivity contribution < 1.29 is 48.8 Å². The number of carbonyl (C=O) groups excluding carboxylic acids is 4. The number of aromatic hydroxyl groups is 1. The smallest absolute Gasteiger partial charge is 0.335 e. The lowest BCUT2D eigenvalue weighted by atomic mass is 9.57. The predicted octanol–water partition coefficient (Wildman–Crippen LogP) is 3.84. The average molecular weight is 637 g/mol. The Hall–Kier alpha value is -5.78. The van der Waals surface area contributed by atoms with Crippen molar-refractivity contribution in [3.05, 3.63) is 95.1 Å². The van der Waals surface area contributed by atoms with Crippen LogP contribution in [0.3, 0.4) is 0 Å². The number of hydrogen-bond acceptors (Lipinski definition) is 8. The number of rotatable bonds is 6. The minimum Gasteiger partial charge on any atom is -0.508 e. The molecule has 1 saturated carbocycles. The van der Waals surface area contributed by atoms with Gasteiger partial charge in [0, 0.05) is 17.5 Å². The first kappa shape index (κ1) is 29.9. The van der Waals surface area contributed by atoms with E-state index in [9.17, 15) is 44.1 Å². The van der Waals surface area contributed by atoms with Crippen molar-refractivity contribution in [1.82, 2.24) is 0 Å². The Bertz CT molecular complexity index is 1920. The number of aromatic carboxylic acids is 2. The summed E-state index contributed by atoms with van der Waals surface area (Å²) in [5, 5.41) is 29.8. The van der Waals surface area contributed by atoms with Gasteiger partial charge in [-0.2, -0.15) is 0 Å². The Balaban J connectivity index is 1.31. The number of phenolic OH excluding ortho intramolecular Hbond substituents is 1. The first-order valence-corrected chi connectivity index (χ1v) is 15.0. The maximum absolute atomic E-state index is 14.2. The summed E-state index contributed by atoms with van der Waals surface area (Å²) in [6.45, 7) is 0. The molecule has 2 saturated heterocycles. The number of fused-ring (bicyclic) bond motifs is 4. The van der Waals surface area contributed by atoms with E-state index in [0.717, 1.165) is 9.80 Å². The highest BCUT2D eigenvalue weighted by Gasteiger charge is 2.62. The molecule has 238 valence electrons. The fourth-order valence-corrected chi connectivity index (χ4v) is 7.87. The lowest BCUT2D eigenvalue weighted by molar-refractivity contribution is -0.126. The molecule has 3 N–H and O–H groups in total. The molecule has 2 aliphatic heterocycles. The number of carboxylic acids is 2. The van der Waals surface area contributed by atoms with E-state index in [0.29, 0.717) is 16.9 Å². The van der Waals surface area contributed by atoms with Gasteiger partial charge < -0.3 is 20.1 Å². The zero-order chi connectivity index (χ0) is 33.3. The maximum atomic E-state index is 14.2. The van der Waals surface area contributed by atoms with Gasteiger partial charge in [-0.05, 0) is 73.4 Å². The summed E-state index contributed by atoms with van der Waals surface area (Å²) < 4.78 is 5.26. The van der Waals surface area contributed by atoms with Crippen LogP contribution in [-0.4, -0.2) is 58.0 Å². The average Bonchev–Trinajstić information content (AvgIpc) is 3.47. The number of amides is 4. The highest BCUT2D eigenvalue weighted by atomic mass is 16.5. The Morgan fingerprint density at radius 2 is 1.23 bits per heavy atom. The number of carbonyl (C=O) groups is 6. The second-order valence-electron chi connectivity index (χ2n) is 12.2. The largest absolute Gasteiger partial charge is 0.508 e. The summed E-state index contributed by atoms with van der Waals surface area (Å²) in [5.74, 6) is -8.88. The molecule has 2 heterocycles. The monoisotopic (exact) mass is 636 g/mol. The van der Waals surface area contributed by atoms with Crippen molar-refractivity contribution in [3.8, 4) is 11.5 Å². The lowest BCUT2D eigenvalue weighted by Crippen LogP contribution is -2.43. The molecule has 47 heavy (non-hydrogen) atoms. The van der Waals surface area contributed by atoms with Crippen molar-refractivity contribution in [1.29, 1.82) is 0 Å². The summed E-state index contributed by atoms with van der Waals surface area (Å²) in [4.78, 5) is 81.0. The molecule has 6 atom stereocenters. The fraction of sp³-hybridized carbons (Fsp3) is 0.257. The van der Waals surface area contributed by atoms with Gasteiger partial charge in [0.15, 0.2) is 0 Å². The number of ether oxygens (including phenoxy) is 1. The van der Waals surface area contributed by atoms with Gasteiger partial charge in [-0.15, -0.1) is 0 Å². The summed E-state index contributed by atoms with van der Waals surface area (Å²) in [7, 11) is 1.45. The van der Waals surface area contributed by atoms with Crippen LogP contribution in [0.5, 0.6) is 11.5 Å². The normalized spacial score (nSPS) is 26.4. The number of allylic oxidation sites excluding steroid dienone is 2. The van der Waals surface area contributed by atoms with Gasteiger partial charge in [-0.25, -0.2) is 9.59 Å². The zero-order valence-electron chi connectivity index (χ0n) is 24.9. The number of carboxylic acid groups (broad SMARTS) is 2. The van der Waals surface area contributed by atoms with Gasteiger partial charge in [0.1, 0.15) is 11.5 Å². The Morgan fingerprint density at radius 3 is 1.74 bits per heavy atom. The zero-order valence-corrected chi connectivity index (χ0v) is 24.9. The summed E-state index contributed by atoms with van der Waals surface area (Å²) >= 11 is 0. The van der Waals surface area contributed by atoms with Gasteiger partial charge in [0.2, 0.25) is 23.6 Å². The van der Waals surface area contributed by atoms with E-state index in [1.54, 1.807) is 12.1 Å². The van der Waals surface area contributed by atoms with Crippen LogP contribution in [0.25, 0.3) is 0 Å². The summed E-state index contributed by atoms with van der Waals surface area (Å²) in [5.41, 5.74) is 1.48. The molecule has 12 nitrogen and oxygen atoms in total. The standard InChI is InChI=1S/C35H28N2O10/c1-47-20-10-11-22(26(38)14-20)27-21-12-13-23-28(32(41)36(30(23)39)18-6-2-16(3-7-18)34(43)44)24(21)15-25-29(27)33(42)37(31(25)40)19-8-4-17(5-9-19)35(45)46/h2-12,14,23-25,27-29,38H,13,15H2,1H3,(H,43,44)(H,45,46)/t23-,24+,25+,27+,28-,29+/m0/s1. The molecule has 0 spiro atoms. The first-order chi connectivity index (χ1) is 22.5. The van der Waals surface area contributed by atoms with E-state index in [2.05, 4.69) is 0 Å². The third kappa shape index (κ3) is 4.50. The minimum atomic E-state index is -1.16. The van der Waals surface area contributed by atoms with Crippen molar-refractivity contribution >= 4 is 46.9 Å². The van der Waals surface area contributed by atoms with Crippen LogP contribution >= 0.6 is 0 Å². The highest BCUT2D eigenvalue weighted by molar-refractivity contribution is 6.24. The molecule has 0 unspecified atom stereocenters. The van der Waals surface area contributed by atoms with Crippen LogP contribution in [-0.2, 0) is 19.2 Å². The third-order valence-corrected chi connectivity index (χ3v) is 9.97. The molecule has 4 amide bonds. The minimum absolute atomic E-state index is 0.00115. The van der Waals surface area contributed by atoms with E-state index in [-0.39, 0.29) is 41.1 Å². The number of nitrogens with zero attached hydrogens (tertiary/aromatic N) is 2. The van der Waals surface area contributed by atoms with Crippen LogP contribution < -0.4 is 14.5 Å². The molecule has 3 aromatic rings. The van der Waals surface area contributed by atoms with Crippen molar-refractivity contribution in [2.24, 2.45) is 29.6 Å². The molecule has 3 fully saturated rings. The van der Waals surface area contributed by atoms with Gasteiger partial charge in [-0.1, -0.05) is 17.7 Å². The number of phenols is 1. The number of anilines is 2. The first-order valence-electron chi connectivity index (χ1n) is 15.0. The predicted molar refractivity (Wildman–Crippen MR) is 164 cm³/mol. The molecular formula is C35H28N2O10. The van der Waals surface area contributed by atoms with E-state index in [4.69, 9.17) is 4.74 Å². The third-order valence-electron chi connectivity index (χ3n) is 9.97. The second-order valence-corrected chi connectivity index (χ2v) is 12.2. The van der Waals surface area contributed by atoms with Crippen LogP contribution in [0.15, 0.2) is 78.4 Å². The van der Waals surface area contributed by atoms with Crippen LogP contribution in [0.1, 0.15) is 45.0 Å². The summed E-state index contributed by atoms with van der Waals surface area (Å²) in [6, 6.07) is 15.5. The van der Waals surface area contributed by atoms with Gasteiger partial charge >= 0.3 is 11.9 Å². The van der Waals surface area contributed by atoms with Gasteiger partial charge in [0.05, 0.1) is 53.3 Å². The fourth-order valence-electron chi connectivity index (χ4n) is 7.87. The van der Waals surface area contributed by atoms with Crippen molar-refractivity contribution in [3.63, 3.8) is 0 Å². The molecule has 0 radical (unpaired) electrons. The molecule has 7 rings (SSSR count). The van der Waals surface area contributed by atoms with E-state index < -0.39 is 71.1 Å². The van der Waals surface area contributed by atoms with Crippen molar-refractivity contribution in [2.45, 2.75) is 18.8 Å². The quantitative estimate of drug-likeness (QED) is 0.266. The molecule has 3 aromatic carbocycles. The van der Waals surface area contributed by atoms with Gasteiger partial charge in [0.25, 0.3) is 0 Å². The molecule has 0 bridgehead atoms. The van der Waals surface area contributed by atoms with Crippen LogP contribution in [0, 0.1) is 29.6 Å². The Kier molecular flexibility index (Phi) is 6.96. The van der Waals surface area contributed by atoms with Gasteiger partial charge in [-0.3, -0.25) is 29.0 Å². The number of methoxy groups -OCH3 is 1. The van der Waals surface area contributed by atoms with E-state index in [1.165, 1.54) is 61.7 Å². The lowest BCUT2D eigenvalue weighted by Gasteiger charge is -2.44. The van der Waals surface area contributed by atoms with Crippen LogP contribution in [0.4, 0.5) is 11.4 Å². The van der Waals surface area contributed by atoms with E-state index in [1.807, 2.05) is 6.08 Å². The Labute approximate surface area is 267 Å². The van der Waals surface area contributed by atoms with Crippen molar-refractivity contribution in [2.75, 3.05) is 16.9 Å². The molecule has 12 heteroatoms.